The predicted octanol–water partition coefficient (Wildman–Crippen LogP) is -1.84. The first-order chi connectivity index (χ1) is 4.30. The van der Waals surface area contributed by atoms with Crippen molar-refractivity contribution in [3.63, 3.8) is 0 Å². The first-order valence-corrected chi connectivity index (χ1v) is 3.73. The number of rotatable bonds is 1. The van der Waals surface area contributed by atoms with Crippen LogP contribution in [0.25, 0.3) is 0 Å². The van der Waals surface area contributed by atoms with Crippen LogP contribution in [0, 0.1) is 0 Å². The van der Waals surface area contributed by atoms with Crippen molar-refractivity contribution in [1.29, 1.82) is 0 Å². The van der Waals surface area contributed by atoms with Gasteiger partial charge in [-0.2, -0.15) is 4.89 Å². The molecule has 4 heteroatoms. The summed E-state index contributed by atoms with van der Waals surface area (Å²) in [5.41, 5.74) is 0. The normalized spacial score (nSPS) is 9.90. The second-order valence-electron chi connectivity index (χ2n) is 1.61. The van der Waals surface area contributed by atoms with E-state index in [2.05, 4.69) is 0 Å². The van der Waals surface area contributed by atoms with Gasteiger partial charge in [-0.1, -0.05) is 18.2 Å². The van der Waals surface area contributed by atoms with Crippen molar-refractivity contribution in [2.24, 2.45) is 0 Å². The molecule has 0 aliphatic heterocycles. The molecule has 10 heavy (non-hydrogen) atoms. The third-order valence-corrected chi connectivity index (χ3v) is 1.72. The summed E-state index contributed by atoms with van der Waals surface area (Å²) in [6.07, 6.45) is 0. The van der Waals surface area contributed by atoms with Gasteiger partial charge in [0, 0.05) is 0 Å². The summed E-state index contributed by atoms with van der Waals surface area (Å²) in [5, 5.41) is 0.479. The van der Waals surface area contributed by atoms with E-state index < -0.39 is 8.03 Å². The predicted molar refractivity (Wildman–Crippen MR) is 37.0 cm³/mol. The number of benzene rings is 1. The fraction of sp³-hybridized carbons (Fsp3) is 0. The Hall–Kier alpha value is -0.123. The zero-order chi connectivity index (χ0) is 6.69. The van der Waals surface area contributed by atoms with Gasteiger partial charge in [0.2, 0.25) is 5.30 Å². The molecule has 0 spiro atoms. The van der Waals surface area contributed by atoms with E-state index in [9.17, 15) is 4.57 Å². The van der Waals surface area contributed by atoms with Crippen LogP contribution in [-0.4, -0.2) is 4.89 Å². The van der Waals surface area contributed by atoms with Crippen LogP contribution in [0.2, 0.25) is 0 Å². The molecule has 0 amide bonds. The summed E-state index contributed by atoms with van der Waals surface area (Å²) in [6.45, 7) is 0. The van der Waals surface area contributed by atoms with E-state index >= 15 is 0 Å². The van der Waals surface area contributed by atoms with Gasteiger partial charge in [-0.25, -0.2) is 0 Å². The molecule has 0 aliphatic carbocycles. The molecular formula is C6H7LiO2P+. The van der Waals surface area contributed by atoms with Crippen molar-refractivity contribution in [2.45, 2.75) is 0 Å². The zero-order valence-corrected chi connectivity index (χ0v) is 6.58. The molecule has 0 radical (unpaired) electrons. The van der Waals surface area contributed by atoms with Crippen LogP contribution in [0.3, 0.4) is 0 Å². The molecule has 1 rings (SSSR count). The molecule has 0 heterocycles. The summed E-state index contributed by atoms with van der Waals surface area (Å²) >= 11 is 0. The molecule has 2 nitrogen and oxygen atoms in total. The third kappa shape index (κ3) is 2.64. The Morgan fingerprint density at radius 3 is 2.10 bits per heavy atom. The standard InChI is InChI=1S/C6H5O2P.Li.H/c7-9(8)6-4-2-1-3-5-6;;/h1-5H;;/q;+1;-1/p+1. The van der Waals surface area contributed by atoms with Crippen molar-refractivity contribution in [3.8, 4) is 0 Å². The topological polar surface area (TPSA) is 37.3 Å². The van der Waals surface area contributed by atoms with Crippen LogP contribution in [-0.2, 0) is 4.57 Å². The molecule has 1 unspecified atom stereocenters. The van der Waals surface area contributed by atoms with Crippen LogP contribution in [0.5, 0.6) is 0 Å². The van der Waals surface area contributed by atoms with Crippen molar-refractivity contribution in [1.82, 2.24) is 0 Å². The van der Waals surface area contributed by atoms with Crippen LogP contribution < -0.4 is 24.2 Å². The van der Waals surface area contributed by atoms with E-state index in [0.717, 1.165) is 0 Å². The van der Waals surface area contributed by atoms with E-state index in [1.807, 2.05) is 6.07 Å². The summed E-state index contributed by atoms with van der Waals surface area (Å²) in [5.74, 6) is 0. The van der Waals surface area contributed by atoms with Gasteiger partial charge in [0.1, 0.15) is 0 Å². The van der Waals surface area contributed by atoms with Crippen molar-refractivity contribution in [2.75, 3.05) is 0 Å². The molecule has 1 aromatic rings. The van der Waals surface area contributed by atoms with Gasteiger partial charge in [0.05, 0.1) is 0 Å². The summed E-state index contributed by atoms with van der Waals surface area (Å²) in [7, 11) is -2.15. The number of hydrogen-bond donors (Lipinski definition) is 1. The summed E-state index contributed by atoms with van der Waals surface area (Å²) in [4.78, 5) is 8.53. The van der Waals surface area contributed by atoms with E-state index in [1.54, 1.807) is 24.3 Å². The first kappa shape index (κ1) is 9.88. The molecule has 1 N–H and O–H groups in total. The van der Waals surface area contributed by atoms with Gasteiger partial charge in [0.15, 0.2) is 0 Å². The monoisotopic (exact) mass is 149 g/mol. The summed E-state index contributed by atoms with van der Waals surface area (Å²) in [6, 6.07) is 8.53. The average molecular weight is 149 g/mol. The minimum atomic E-state index is -2.15. The van der Waals surface area contributed by atoms with E-state index in [4.69, 9.17) is 4.89 Å². The molecule has 0 aromatic heterocycles. The van der Waals surface area contributed by atoms with E-state index in [1.165, 1.54) is 0 Å². The van der Waals surface area contributed by atoms with Gasteiger partial charge in [-0.05, 0) is 16.7 Å². The Labute approximate surface area is 73.8 Å². The van der Waals surface area contributed by atoms with Crippen LogP contribution in [0.15, 0.2) is 30.3 Å². The molecule has 0 saturated heterocycles. The Balaban J connectivity index is 0. The average Bonchev–Trinajstić information content (AvgIpc) is 1.90. The SMILES string of the molecule is O=[P+](O)c1ccccc1.[H-].[Li+]. The number of hydrogen-bond acceptors (Lipinski definition) is 1. The fourth-order valence-corrected chi connectivity index (χ4v) is 0.983. The van der Waals surface area contributed by atoms with Gasteiger partial charge in [-0.3, -0.25) is 0 Å². The van der Waals surface area contributed by atoms with Gasteiger partial charge < -0.3 is 1.43 Å². The molecule has 48 valence electrons. The maximum atomic E-state index is 10.3. The largest absolute Gasteiger partial charge is 1.00 e. The van der Waals surface area contributed by atoms with Crippen LogP contribution in [0.1, 0.15) is 1.43 Å². The minimum Gasteiger partial charge on any atom is -1.00 e. The Kier molecular flexibility index (Phi) is 4.60. The quantitative estimate of drug-likeness (QED) is 0.376. The fourth-order valence-electron chi connectivity index (χ4n) is 0.556. The Bertz CT molecular complexity index is 217. The van der Waals surface area contributed by atoms with Gasteiger partial charge in [0.25, 0.3) is 0 Å². The zero-order valence-electron chi connectivity index (χ0n) is 6.69. The third-order valence-electron chi connectivity index (χ3n) is 0.977. The smallest absolute Gasteiger partial charge is 1.00 e. The molecule has 0 fully saturated rings. The maximum absolute atomic E-state index is 10.3. The second kappa shape index (κ2) is 4.66. The molecular weight excluding hydrogens is 142 g/mol. The van der Waals surface area contributed by atoms with Crippen molar-refractivity contribution in [3.05, 3.63) is 30.3 Å². The molecule has 1 atom stereocenters. The van der Waals surface area contributed by atoms with E-state index in [0.29, 0.717) is 5.30 Å². The first-order valence-electron chi connectivity index (χ1n) is 2.52. The molecule has 0 saturated carbocycles. The van der Waals surface area contributed by atoms with Crippen molar-refractivity contribution >= 4 is 13.3 Å². The second-order valence-corrected chi connectivity index (χ2v) is 2.67. The van der Waals surface area contributed by atoms with Crippen LogP contribution in [0.4, 0.5) is 0 Å². The molecule has 1 aromatic carbocycles. The maximum Gasteiger partial charge on any atom is 1.00 e. The molecule has 0 bridgehead atoms. The van der Waals surface area contributed by atoms with Crippen LogP contribution >= 0.6 is 8.03 Å². The Morgan fingerprint density at radius 1 is 1.30 bits per heavy atom. The van der Waals surface area contributed by atoms with Crippen molar-refractivity contribution < 1.29 is 29.7 Å². The molecule has 0 aliphatic rings. The van der Waals surface area contributed by atoms with Gasteiger partial charge >= 0.3 is 26.9 Å². The summed E-state index contributed by atoms with van der Waals surface area (Å²) < 4.78 is 10.3. The Morgan fingerprint density at radius 2 is 1.80 bits per heavy atom. The van der Waals surface area contributed by atoms with Gasteiger partial charge in [-0.15, -0.1) is 0 Å². The minimum absolute atomic E-state index is 0. The van der Waals surface area contributed by atoms with E-state index in [-0.39, 0.29) is 20.3 Å².